The van der Waals surface area contributed by atoms with Crippen molar-refractivity contribution in [1.82, 2.24) is 14.5 Å². The second kappa shape index (κ2) is 9.24. The minimum atomic E-state index is -0.259. The van der Waals surface area contributed by atoms with Crippen LogP contribution in [0.2, 0.25) is 0 Å². The zero-order valence-corrected chi connectivity index (χ0v) is 19.7. The van der Waals surface area contributed by atoms with Crippen LogP contribution in [0.3, 0.4) is 0 Å². The lowest BCUT2D eigenvalue weighted by Crippen LogP contribution is -2.35. The van der Waals surface area contributed by atoms with Gasteiger partial charge in [-0.25, -0.2) is 4.98 Å². The number of carbonyl (C=O) groups is 2. The summed E-state index contributed by atoms with van der Waals surface area (Å²) in [5, 5.41) is 3.45. The highest BCUT2D eigenvalue weighted by atomic mass is 79.9. The van der Waals surface area contributed by atoms with Crippen molar-refractivity contribution in [2.45, 2.75) is 38.6 Å². The SMILES string of the molecule is Cc1cc(Br)ccc1NC(=O)CN(C)C(=O)CCc1nc2ccccc2c(=O)n1C1CC1. The average Bonchev–Trinajstić information content (AvgIpc) is 3.59. The highest BCUT2D eigenvalue weighted by Crippen LogP contribution is 2.35. The van der Waals surface area contributed by atoms with Gasteiger partial charge >= 0.3 is 0 Å². The second-order valence-electron chi connectivity index (χ2n) is 8.21. The molecule has 0 aliphatic heterocycles. The van der Waals surface area contributed by atoms with Crippen LogP contribution in [0.1, 0.15) is 36.7 Å². The molecule has 166 valence electrons. The standard InChI is InChI=1S/C24H25BrN4O3/c1-15-13-16(25)7-10-19(15)27-22(30)14-28(2)23(31)12-11-21-26-20-6-4-3-5-18(20)24(32)29(21)17-8-9-17/h3-7,10,13,17H,8-9,11-12,14H2,1-2H3,(H,27,30). The van der Waals surface area contributed by atoms with Gasteiger partial charge in [-0.2, -0.15) is 0 Å². The van der Waals surface area contributed by atoms with E-state index in [0.29, 0.717) is 28.8 Å². The number of benzene rings is 2. The molecule has 1 heterocycles. The number of aryl methyl sites for hydroxylation is 2. The van der Waals surface area contributed by atoms with Crippen LogP contribution in [-0.4, -0.2) is 39.9 Å². The van der Waals surface area contributed by atoms with Gasteiger partial charge in [-0.1, -0.05) is 28.1 Å². The Morgan fingerprint density at radius 1 is 1.22 bits per heavy atom. The minimum Gasteiger partial charge on any atom is -0.336 e. The molecule has 0 atom stereocenters. The molecule has 0 spiro atoms. The number of anilines is 1. The topological polar surface area (TPSA) is 84.3 Å². The third-order valence-electron chi connectivity index (χ3n) is 5.62. The van der Waals surface area contributed by atoms with E-state index < -0.39 is 0 Å². The number of rotatable bonds is 7. The van der Waals surface area contributed by atoms with Crippen molar-refractivity contribution in [3.63, 3.8) is 0 Å². The van der Waals surface area contributed by atoms with Crippen molar-refractivity contribution >= 4 is 44.3 Å². The summed E-state index contributed by atoms with van der Waals surface area (Å²) in [4.78, 5) is 44.1. The Kier molecular flexibility index (Phi) is 6.41. The Bertz CT molecular complexity index is 1250. The normalized spacial score (nSPS) is 13.2. The molecule has 2 amide bonds. The number of nitrogens with zero attached hydrogens (tertiary/aromatic N) is 3. The number of amides is 2. The molecule has 1 fully saturated rings. The monoisotopic (exact) mass is 496 g/mol. The Morgan fingerprint density at radius 2 is 1.97 bits per heavy atom. The molecule has 1 aliphatic carbocycles. The van der Waals surface area contributed by atoms with E-state index >= 15 is 0 Å². The summed E-state index contributed by atoms with van der Waals surface area (Å²) in [6.07, 6.45) is 2.44. The van der Waals surface area contributed by atoms with Crippen molar-refractivity contribution in [1.29, 1.82) is 0 Å². The molecule has 1 saturated carbocycles. The maximum absolute atomic E-state index is 12.9. The van der Waals surface area contributed by atoms with Crippen molar-refractivity contribution < 1.29 is 9.59 Å². The van der Waals surface area contributed by atoms with E-state index in [0.717, 1.165) is 22.9 Å². The van der Waals surface area contributed by atoms with Crippen LogP contribution in [0.25, 0.3) is 10.9 Å². The number of nitrogens with one attached hydrogen (secondary N) is 1. The Morgan fingerprint density at radius 3 is 2.69 bits per heavy atom. The quantitative estimate of drug-likeness (QED) is 0.538. The first kappa shape index (κ1) is 22.2. The van der Waals surface area contributed by atoms with Crippen molar-refractivity contribution in [2.24, 2.45) is 0 Å². The van der Waals surface area contributed by atoms with Crippen molar-refractivity contribution in [2.75, 3.05) is 18.9 Å². The molecule has 7 nitrogen and oxygen atoms in total. The summed E-state index contributed by atoms with van der Waals surface area (Å²) in [6, 6.07) is 13.1. The molecule has 1 aliphatic rings. The fourth-order valence-corrected chi connectivity index (χ4v) is 4.22. The molecule has 0 radical (unpaired) electrons. The van der Waals surface area contributed by atoms with Crippen LogP contribution in [0, 0.1) is 6.92 Å². The zero-order chi connectivity index (χ0) is 22.8. The van der Waals surface area contributed by atoms with E-state index in [9.17, 15) is 14.4 Å². The van der Waals surface area contributed by atoms with Crippen LogP contribution < -0.4 is 10.9 Å². The van der Waals surface area contributed by atoms with Gasteiger partial charge < -0.3 is 10.2 Å². The molecular weight excluding hydrogens is 472 g/mol. The van der Waals surface area contributed by atoms with Gasteiger partial charge in [0.2, 0.25) is 11.8 Å². The summed E-state index contributed by atoms with van der Waals surface area (Å²) in [5.41, 5.74) is 2.25. The lowest BCUT2D eigenvalue weighted by Gasteiger charge is -2.18. The van der Waals surface area contributed by atoms with Crippen LogP contribution in [0.15, 0.2) is 51.7 Å². The fraction of sp³-hybridized carbons (Fsp3) is 0.333. The number of aromatic nitrogens is 2. The Balaban J connectivity index is 1.41. The molecule has 1 N–H and O–H groups in total. The maximum Gasteiger partial charge on any atom is 0.261 e. The Hall–Kier alpha value is -3.00. The predicted molar refractivity (Wildman–Crippen MR) is 128 cm³/mol. The minimum absolute atomic E-state index is 0.0434. The van der Waals surface area contributed by atoms with Gasteiger partial charge in [0.1, 0.15) is 5.82 Å². The van der Waals surface area contributed by atoms with Crippen LogP contribution in [-0.2, 0) is 16.0 Å². The summed E-state index contributed by atoms with van der Waals surface area (Å²) in [7, 11) is 1.61. The number of hydrogen-bond acceptors (Lipinski definition) is 4. The van der Waals surface area contributed by atoms with Crippen LogP contribution >= 0.6 is 15.9 Å². The van der Waals surface area contributed by atoms with E-state index in [-0.39, 0.29) is 36.4 Å². The zero-order valence-electron chi connectivity index (χ0n) is 18.1. The molecule has 0 bridgehead atoms. The molecule has 1 aromatic heterocycles. The average molecular weight is 497 g/mol. The van der Waals surface area contributed by atoms with Crippen LogP contribution in [0.5, 0.6) is 0 Å². The van der Waals surface area contributed by atoms with Gasteiger partial charge in [0.15, 0.2) is 0 Å². The first-order valence-electron chi connectivity index (χ1n) is 10.6. The first-order chi connectivity index (χ1) is 15.3. The van der Waals surface area contributed by atoms with Gasteiger partial charge in [-0.05, 0) is 55.7 Å². The third-order valence-corrected chi connectivity index (χ3v) is 6.12. The lowest BCUT2D eigenvalue weighted by atomic mass is 10.2. The maximum atomic E-state index is 12.9. The number of hydrogen-bond donors (Lipinski definition) is 1. The fourth-order valence-electron chi connectivity index (χ4n) is 3.75. The predicted octanol–water partition coefficient (Wildman–Crippen LogP) is 3.83. The third kappa shape index (κ3) is 4.91. The number of para-hydroxylation sites is 1. The molecule has 8 heteroatoms. The number of likely N-dealkylation sites (N-methyl/N-ethyl adjacent to an activating group) is 1. The van der Waals surface area contributed by atoms with Gasteiger partial charge in [0.25, 0.3) is 5.56 Å². The molecule has 2 aromatic carbocycles. The molecule has 3 aromatic rings. The second-order valence-corrected chi connectivity index (χ2v) is 9.12. The van der Waals surface area contributed by atoms with Gasteiger partial charge in [0.05, 0.1) is 17.4 Å². The smallest absolute Gasteiger partial charge is 0.261 e. The number of fused-ring (bicyclic) bond motifs is 1. The molecule has 0 unspecified atom stereocenters. The Labute approximate surface area is 194 Å². The van der Waals surface area contributed by atoms with Crippen molar-refractivity contribution in [3.8, 4) is 0 Å². The molecule has 4 rings (SSSR count). The van der Waals surface area contributed by atoms with E-state index in [2.05, 4.69) is 26.2 Å². The van der Waals surface area contributed by atoms with E-state index in [4.69, 9.17) is 0 Å². The van der Waals surface area contributed by atoms with Crippen LogP contribution in [0.4, 0.5) is 5.69 Å². The van der Waals surface area contributed by atoms with Gasteiger partial charge in [0, 0.05) is 36.1 Å². The highest BCUT2D eigenvalue weighted by Gasteiger charge is 2.28. The largest absolute Gasteiger partial charge is 0.336 e. The highest BCUT2D eigenvalue weighted by molar-refractivity contribution is 9.10. The summed E-state index contributed by atoms with van der Waals surface area (Å²) < 4.78 is 2.69. The van der Waals surface area contributed by atoms with E-state index in [1.54, 1.807) is 17.7 Å². The van der Waals surface area contributed by atoms with E-state index in [1.807, 2.05) is 43.3 Å². The lowest BCUT2D eigenvalue weighted by molar-refractivity contribution is -0.133. The number of halogens is 1. The first-order valence-corrected chi connectivity index (χ1v) is 11.4. The molecule has 32 heavy (non-hydrogen) atoms. The van der Waals surface area contributed by atoms with Crippen molar-refractivity contribution in [3.05, 3.63) is 68.7 Å². The summed E-state index contributed by atoms with van der Waals surface area (Å²) >= 11 is 3.40. The summed E-state index contributed by atoms with van der Waals surface area (Å²) in [5.74, 6) is 0.204. The number of carbonyl (C=O) groups excluding carboxylic acids is 2. The summed E-state index contributed by atoms with van der Waals surface area (Å²) in [6.45, 7) is 1.86. The van der Waals surface area contributed by atoms with Gasteiger partial charge in [-0.3, -0.25) is 19.0 Å². The van der Waals surface area contributed by atoms with Gasteiger partial charge in [-0.15, -0.1) is 0 Å². The molecule has 0 saturated heterocycles. The molecular formula is C24H25BrN4O3. The van der Waals surface area contributed by atoms with E-state index in [1.165, 1.54) is 4.90 Å².